The highest BCUT2D eigenvalue weighted by Crippen LogP contribution is 2.20. The van der Waals surface area contributed by atoms with Gasteiger partial charge < -0.3 is 10.1 Å². The predicted molar refractivity (Wildman–Crippen MR) is 61.3 cm³/mol. The first-order chi connectivity index (χ1) is 7.58. The van der Waals surface area contributed by atoms with E-state index in [0.29, 0.717) is 9.20 Å². The largest absolute Gasteiger partial charge is 0.504 e. The summed E-state index contributed by atoms with van der Waals surface area (Å²) in [6.45, 7) is 3.59. The van der Waals surface area contributed by atoms with Crippen LogP contribution in [0.3, 0.4) is 0 Å². The van der Waals surface area contributed by atoms with Crippen molar-refractivity contribution >= 4 is 24.0 Å². The van der Waals surface area contributed by atoms with E-state index in [1.807, 2.05) is 0 Å². The van der Waals surface area contributed by atoms with Crippen molar-refractivity contribution in [2.24, 2.45) is 0 Å². The van der Waals surface area contributed by atoms with Crippen molar-refractivity contribution in [1.29, 1.82) is 0 Å². The van der Waals surface area contributed by atoms with Crippen molar-refractivity contribution in [3.63, 3.8) is 0 Å². The molecule has 0 saturated carbocycles. The van der Waals surface area contributed by atoms with Crippen molar-refractivity contribution in [3.05, 3.63) is 49.1 Å². The molecule has 0 amide bonds. The zero-order valence-corrected chi connectivity index (χ0v) is 8.97. The van der Waals surface area contributed by atoms with Gasteiger partial charge in [0.15, 0.2) is 11.6 Å². The molecule has 1 aromatic carbocycles. The number of para-hydroxylation sites is 1. The number of benzene rings is 1. The summed E-state index contributed by atoms with van der Waals surface area (Å²) < 4.78 is 13.9. The highest BCUT2D eigenvalue weighted by molar-refractivity contribution is 7.07. The third kappa shape index (κ3) is 1.90. The van der Waals surface area contributed by atoms with Gasteiger partial charge in [0.05, 0.1) is 9.20 Å². The minimum absolute atomic E-state index is 0.271. The number of phenolic OH excluding ortho intramolecular Hbond substituents is 1. The Morgan fingerprint density at radius 1 is 1.50 bits per heavy atom. The predicted octanol–water partition coefficient (Wildman–Crippen LogP) is 0.520. The molecule has 0 fully saturated rings. The summed E-state index contributed by atoms with van der Waals surface area (Å²) >= 11 is 1.16. The van der Waals surface area contributed by atoms with Gasteiger partial charge in [-0.2, -0.15) is 0 Å². The van der Waals surface area contributed by atoms with Crippen LogP contribution >= 0.6 is 11.3 Å². The number of rotatable bonds is 1. The third-order valence-corrected chi connectivity index (χ3v) is 2.89. The summed E-state index contributed by atoms with van der Waals surface area (Å²) in [7, 11) is 0. The maximum atomic E-state index is 13.0. The molecule has 0 unspecified atom stereocenters. The average Bonchev–Trinajstić information content (AvgIpc) is 2.53. The van der Waals surface area contributed by atoms with E-state index in [1.54, 1.807) is 0 Å². The van der Waals surface area contributed by atoms with Gasteiger partial charge in [-0.3, -0.25) is 4.79 Å². The fourth-order valence-electron chi connectivity index (χ4n) is 1.28. The van der Waals surface area contributed by atoms with Crippen LogP contribution in [-0.4, -0.2) is 10.1 Å². The normalized spacial score (nSPS) is 11.9. The molecule has 2 aromatic rings. The van der Waals surface area contributed by atoms with Gasteiger partial charge >= 0.3 is 0 Å². The van der Waals surface area contributed by atoms with Crippen LogP contribution in [0.5, 0.6) is 5.75 Å². The molecule has 0 aliphatic carbocycles. The molecule has 2 rings (SSSR count). The Hall–Kier alpha value is -1.88. The fourth-order valence-corrected chi connectivity index (χ4v) is 2.02. The van der Waals surface area contributed by atoms with Crippen LogP contribution < -0.4 is 14.8 Å². The van der Waals surface area contributed by atoms with E-state index in [0.717, 1.165) is 17.4 Å². The second kappa shape index (κ2) is 3.94. The molecule has 0 aliphatic heterocycles. The Labute approximate surface area is 93.8 Å². The lowest BCUT2D eigenvalue weighted by Crippen LogP contribution is -2.19. The molecule has 0 radical (unpaired) electrons. The SMILES string of the molecule is C=c1[nH]c(=O)/c(=C/c2cccc(F)c2O)s1. The van der Waals surface area contributed by atoms with Gasteiger partial charge in [0, 0.05) is 5.56 Å². The topological polar surface area (TPSA) is 53.1 Å². The smallest absolute Gasteiger partial charge is 0.266 e. The summed E-state index contributed by atoms with van der Waals surface area (Å²) in [5.74, 6) is -1.17. The summed E-state index contributed by atoms with van der Waals surface area (Å²) in [4.78, 5) is 13.9. The quantitative estimate of drug-likeness (QED) is 0.759. The molecule has 82 valence electrons. The Balaban J connectivity index is 2.68. The number of nitrogens with one attached hydrogen (secondary N) is 1. The number of aromatic amines is 1. The number of hydrogen-bond donors (Lipinski definition) is 2. The van der Waals surface area contributed by atoms with E-state index < -0.39 is 11.6 Å². The molecule has 2 N–H and O–H groups in total. The van der Waals surface area contributed by atoms with Gasteiger partial charge in [-0.15, -0.1) is 11.3 Å². The third-order valence-electron chi connectivity index (χ3n) is 2.01. The highest BCUT2D eigenvalue weighted by Gasteiger charge is 2.04. The standard InChI is InChI=1S/C11H8FNO2S/c1-6-13-11(15)9(16-6)5-7-3-2-4-8(12)10(7)14/h2-5,14H,1H2,(H,13,15)/b9-5-. The molecule has 16 heavy (non-hydrogen) atoms. The second-order valence-electron chi connectivity index (χ2n) is 3.17. The van der Waals surface area contributed by atoms with Crippen LogP contribution in [0.2, 0.25) is 0 Å². The van der Waals surface area contributed by atoms with Crippen LogP contribution in [0.4, 0.5) is 4.39 Å². The molecule has 0 saturated heterocycles. The Morgan fingerprint density at radius 3 is 2.88 bits per heavy atom. The van der Waals surface area contributed by atoms with E-state index in [-0.39, 0.29) is 11.1 Å². The summed E-state index contributed by atoms with van der Waals surface area (Å²) in [6, 6.07) is 4.15. The van der Waals surface area contributed by atoms with Crippen molar-refractivity contribution in [2.75, 3.05) is 0 Å². The molecule has 0 atom stereocenters. The summed E-state index contributed by atoms with van der Waals surface area (Å²) in [5, 5.41) is 9.43. The van der Waals surface area contributed by atoms with Gasteiger partial charge in [0.2, 0.25) is 0 Å². The zero-order chi connectivity index (χ0) is 11.7. The number of phenols is 1. The van der Waals surface area contributed by atoms with Crippen LogP contribution in [0, 0.1) is 5.82 Å². The van der Waals surface area contributed by atoms with Crippen LogP contribution in [0.15, 0.2) is 23.0 Å². The first-order valence-corrected chi connectivity index (χ1v) is 5.27. The van der Waals surface area contributed by atoms with E-state index in [2.05, 4.69) is 11.6 Å². The lowest BCUT2D eigenvalue weighted by molar-refractivity contribution is 0.431. The average molecular weight is 237 g/mol. The van der Waals surface area contributed by atoms with Gasteiger partial charge in [-0.05, 0) is 12.1 Å². The van der Waals surface area contributed by atoms with Crippen LogP contribution in [0.25, 0.3) is 12.7 Å². The molecule has 3 nitrogen and oxygen atoms in total. The van der Waals surface area contributed by atoms with Gasteiger partial charge in [0.1, 0.15) is 0 Å². The van der Waals surface area contributed by atoms with E-state index in [9.17, 15) is 14.3 Å². The van der Waals surface area contributed by atoms with Crippen molar-refractivity contribution < 1.29 is 9.50 Å². The minimum Gasteiger partial charge on any atom is -0.504 e. The van der Waals surface area contributed by atoms with Crippen LogP contribution in [0.1, 0.15) is 5.56 Å². The van der Waals surface area contributed by atoms with Gasteiger partial charge in [0.25, 0.3) is 5.56 Å². The monoisotopic (exact) mass is 237 g/mol. The van der Waals surface area contributed by atoms with E-state index in [1.165, 1.54) is 18.2 Å². The molecule has 0 spiro atoms. The first-order valence-electron chi connectivity index (χ1n) is 4.45. The summed E-state index contributed by atoms with van der Waals surface area (Å²) in [6.07, 6.45) is 1.43. The molecule has 1 heterocycles. The molecular weight excluding hydrogens is 229 g/mol. The molecule has 0 bridgehead atoms. The molecule has 1 aromatic heterocycles. The zero-order valence-electron chi connectivity index (χ0n) is 8.16. The van der Waals surface area contributed by atoms with E-state index in [4.69, 9.17) is 0 Å². The lowest BCUT2D eigenvalue weighted by atomic mass is 10.2. The Kier molecular flexibility index (Phi) is 2.62. The Morgan fingerprint density at radius 2 is 2.25 bits per heavy atom. The van der Waals surface area contributed by atoms with Gasteiger partial charge in [-0.1, -0.05) is 18.7 Å². The van der Waals surface area contributed by atoms with Crippen molar-refractivity contribution in [3.8, 4) is 5.75 Å². The lowest BCUT2D eigenvalue weighted by Gasteiger charge is -1.97. The fraction of sp³-hybridized carbons (Fsp3) is 0. The highest BCUT2D eigenvalue weighted by atomic mass is 32.1. The maximum Gasteiger partial charge on any atom is 0.266 e. The molecular formula is C11H8FNO2S. The maximum absolute atomic E-state index is 13.0. The number of aromatic hydroxyl groups is 1. The number of aromatic nitrogens is 1. The minimum atomic E-state index is -0.711. The van der Waals surface area contributed by atoms with Crippen molar-refractivity contribution in [1.82, 2.24) is 4.98 Å². The van der Waals surface area contributed by atoms with Crippen LogP contribution in [-0.2, 0) is 0 Å². The van der Waals surface area contributed by atoms with Crippen molar-refractivity contribution in [2.45, 2.75) is 0 Å². The number of hydrogen-bond acceptors (Lipinski definition) is 3. The number of halogens is 1. The summed E-state index contributed by atoms with van der Waals surface area (Å²) in [5.41, 5.74) is -0.0222. The van der Waals surface area contributed by atoms with Gasteiger partial charge in [-0.25, -0.2) is 4.39 Å². The molecule has 0 aliphatic rings. The first kappa shape index (κ1) is 10.6. The van der Waals surface area contributed by atoms with E-state index >= 15 is 0 Å². The Bertz CT molecular complexity index is 687. The molecule has 5 heteroatoms. The number of thiazole rings is 1. The number of H-pyrrole nitrogens is 1. The second-order valence-corrected chi connectivity index (χ2v) is 4.30.